The van der Waals surface area contributed by atoms with Gasteiger partial charge in [0.05, 0.1) is 0 Å². The molecule has 2 heterocycles. The molecule has 1 amide bonds. The maximum atomic E-state index is 11.9. The predicted molar refractivity (Wildman–Crippen MR) is 108 cm³/mol. The first-order valence-corrected chi connectivity index (χ1v) is 11.2. The molecule has 1 unspecified atom stereocenters. The van der Waals surface area contributed by atoms with Crippen molar-refractivity contribution in [3.63, 3.8) is 0 Å². The van der Waals surface area contributed by atoms with Crippen LogP contribution < -0.4 is 15.6 Å². The second-order valence-corrected chi connectivity index (χ2v) is 10.7. The van der Waals surface area contributed by atoms with Gasteiger partial charge in [-0.05, 0) is 0 Å². The van der Waals surface area contributed by atoms with Gasteiger partial charge < -0.3 is 0 Å². The summed E-state index contributed by atoms with van der Waals surface area (Å²) in [5.74, 6) is 0.270. The van der Waals surface area contributed by atoms with E-state index < -0.39 is 21.7 Å². The van der Waals surface area contributed by atoms with Gasteiger partial charge >= 0.3 is 163 Å². The Hall–Kier alpha value is -2.46. The van der Waals surface area contributed by atoms with E-state index in [1.807, 2.05) is 18.2 Å². The number of hydrogen-bond acceptors (Lipinski definition) is 4. The number of nitrogens with two attached hydrogens (primary N) is 1. The van der Waals surface area contributed by atoms with Gasteiger partial charge in [0.1, 0.15) is 0 Å². The Bertz CT molecular complexity index is 1100. The third kappa shape index (κ3) is 3.54. The summed E-state index contributed by atoms with van der Waals surface area (Å²) in [6.07, 6.45) is 4.37. The number of nitrogens with zero attached hydrogens (tertiary/aromatic N) is 3. The number of amides is 1. The van der Waals surface area contributed by atoms with Gasteiger partial charge in [0, 0.05) is 0 Å². The molecule has 0 radical (unpaired) electrons. The number of hydrogen-bond donors (Lipinski definition) is 1. The van der Waals surface area contributed by atoms with Gasteiger partial charge in [0.15, 0.2) is 0 Å². The van der Waals surface area contributed by atoms with Crippen LogP contribution in [0.3, 0.4) is 0 Å². The topological polar surface area (TPSA) is 90.9 Å². The first-order valence-electron chi connectivity index (χ1n) is 8.98. The molecule has 4 rings (SSSR count). The Balaban J connectivity index is 1.82. The number of fused-ring (bicyclic) bond motifs is 1. The number of benzene rings is 1. The number of aryl methyl sites for hydroxylation is 1. The number of carbonyl (C=O) groups is 1. The van der Waals surface area contributed by atoms with Crippen LogP contribution in [0.4, 0.5) is 0 Å². The van der Waals surface area contributed by atoms with E-state index in [-0.39, 0.29) is 5.56 Å². The Morgan fingerprint density at radius 1 is 1.22 bits per heavy atom. The summed E-state index contributed by atoms with van der Waals surface area (Å²) in [6, 6.07) is 9.33. The van der Waals surface area contributed by atoms with E-state index in [1.54, 1.807) is 29.9 Å². The van der Waals surface area contributed by atoms with E-state index in [1.165, 1.54) is 12.8 Å². The van der Waals surface area contributed by atoms with Crippen molar-refractivity contribution in [2.45, 2.75) is 24.5 Å². The van der Waals surface area contributed by atoms with Crippen LogP contribution >= 0.6 is 0 Å². The van der Waals surface area contributed by atoms with Crippen molar-refractivity contribution in [3.8, 4) is 11.1 Å². The molecule has 2 atom stereocenters. The number of carbonyl (C=O) groups excluding carboxylic acids is 1. The minimum absolute atomic E-state index is 0.0489. The first-order chi connectivity index (χ1) is 12.9. The Morgan fingerprint density at radius 2 is 1.96 bits per heavy atom. The van der Waals surface area contributed by atoms with Crippen LogP contribution in [0.2, 0.25) is 4.71 Å². The third-order valence-corrected chi connectivity index (χ3v) is 8.73. The summed E-state index contributed by atoms with van der Waals surface area (Å²) in [5, 5.41) is 9.39. The van der Waals surface area contributed by atoms with Crippen LogP contribution in [0.15, 0.2) is 41.3 Å². The molecule has 0 saturated heterocycles. The van der Waals surface area contributed by atoms with Crippen LogP contribution in [0, 0.1) is 5.92 Å². The second-order valence-electron chi connectivity index (χ2n) is 7.16. The normalized spacial score (nSPS) is 15.5. The molecular weight excluding hydrogens is 403 g/mol. The number of rotatable bonds is 5. The van der Waals surface area contributed by atoms with Gasteiger partial charge in [-0.3, -0.25) is 0 Å². The quantitative estimate of drug-likeness (QED) is 0.627. The fourth-order valence-corrected chi connectivity index (χ4v) is 6.88. The average Bonchev–Trinajstić information content (AvgIpc) is 3.48. The van der Waals surface area contributed by atoms with Crippen LogP contribution in [0.1, 0.15) is 30.3 Å². The molecule has 1 aliphatic rings. The van der Waals surface area contributed by atoms with Crippen molar-refractivity contribution in [1.82, 2.24) is 14.8 Å². The van der Waals surface area contributed by atoms with E-state index in [4.69, 9.17) is 5.73 Å². The summed E-state index contributed by atoms with van der Waals surface area (Å²) in [4.78, 5) is 23.5. The van der Waals surface area contributed by atoms with Crippen LogP contribution in [0.25, 0.3) is 22.0 Å². The minimum atomic E-state index is -0.554. The number of primary amides is 1. The van der Waals surface area contributed by atoms with E-state index in [0.29, 0.717) is 10.4 Å². The third-order valence-electron chi connectivity index (χ3n) is 5.12. The second kappa shape index (κ2) is 6.93. The molecule has 6 nitrogen and oxygen atoms in total. The molecule has 0 bridgehead atoms. The summed E-state index contributed by atoms with van der Waals surface area (Å²) >= 11 is -0.554. The fraction of sp³-hybridized carbons (Fsp3) is 0.300. The maximum absolute atomic E-state index is 11.9. The summed E-state index contributed by atoms with van der Waals surface area (Å²) < 4.78 is 3.17. The number of aromatic nitrogens is 3. The zero-order chi connectivity index (χ0) is 19.1. The Morgan fingerprint density at radius 3 is 2.63 bits per heavy atom. The first kappa shape index (κ1) is 17.9. The molecule has 7 heteroatoms. The molecule has 1 aliphatic carbocycles. The molecule has 3 aromatic rings. The molecule has 1 saturated carbocycles. The molecule has 0 aliphatic heterocycles. The summed E-state index contributed by atoms with van der Waals surface area (Å²) in [5.41, 5.74) is 8.50. The molecule has 1 aromatic carbocycles. The SMILES string of the molecule is C[C@@H]([AsH]c1c(C(N)=O)nnc2cc(-c3ccc(=O)n(C)c3)ccc12)C1CC1. The van der Waals surface area contributed by atoms with Gasteiger partial charge in [-0.15, -0.1) is 0 Å². The fourth-order valence-electron chi connectivity index (χ4n) is 3.31. The van der Waals surface area contributed by atoms with E-state index >= 15 is 0 Å². The standard InChI is InChI=1S/C20H21AsN4O2/c1-11(12-3-4-12)21-18-15-7-5-13(14-6-8-17(26)25(2)10-14)9-16(15)23-24-19(18)20(22)27/h5-12,21H,3-4H2,1-2H3,(H2,22,27)/t11-/m1/s1. The Labute approximate surface area is 163 Å². The van der Waals surface area contributed by atoms with Gasteiger partial charge in [-0.2, -0.15) is 0 Å². The van der Waals surface area contributed by atoms with Crippen LogP contribution in [-0.4, -0.2) is 36.4 Å². The van der Waals surface area contributed by atoms with Crippen LogP contribution in [0.5, 0.6) is 0 Å². The molecule has 1 fully saturated rings. The molecule has 138 valence electrons. The predicted octanol–water partition coefficient (Wildman–Crippen LogP) is 1.37. The molecule has 0 spiro atoms. The Kier molecular flexibility index (Phi) is 4.60. The van der Waals surface area contributed by atoms with Gasteiger partial charge in [-0.1, -0.05) is 0 Å². The van der Waals surface area contributed by atoms with Gasteiger partial charge in [0.2, 0.25) is 0 Å². The van der Waals surface area contributed by atoms with E-state index in [9.17, 15) is 9.59 Å². The van der Waals surface area contributed by atoms with Crippen molar-refractivity contribution in [2.24, 2.45) is 18.7 Å². The monoisotopic (exact) mass is 424 g/mol. The average molecular weight is 424 g/mol. The van der Waals surface area contributed by atoms with E-state index in [2.05, 4.69) is 17.1 Å². The van der Waals surface area contributed by atoms with Gasteiger partial charge in [-0.25, -0.2) is 0 Å². The molecular formula is C20H21AsN4O2. The van der Waals surface area contributed by atoms with Crippen molar-refractivity contribution >= 4 is 36.9 Å². The summed E-state index contributed by atoms with van der Waals surface area (Å²) in [6.45, 7) is 2.27. The van der Waals surface area contributed by atoms with E-state index in [0.717, 1.165) is 32.3 Å². The van der Waals surface area contributed by atoms with Crippen molar-refractivity contribution in [3.05, 3.63) is 52.6 Å². The van der Waals surface area contributed by atoms with Crippen molar-refractivity contribution < 1.29 is 4.79 Å². The molecule has 2 aromatic heterocycles. The van der Waals surface area contributed by atoms with Gasteiger partial charge in [0.25, 0.3) is 0 Å². The zero-order valence-corrected chi connectivity index (χ0v) is 17.4. The zero-order valence-electron chi connectivity index (χ0n) is 15.3. The summed E-state index contributed by atoms with van der Waals surface area (Å²) in [7, 11) is 1.73. The molecule has 2 N–H and O–H groups in total. The van der Waals surface area contributed by atoms with Crippen molar-refractivity contribution in [2.75, 3.05) is 0 Å². The molecule has 27 heavy (non-hydrogen) atoms. The van der Waals surface area contributed by atoms with Crippen molar-refractivity contribution in [1.29, 1.82) is 0 Å². The van der Waals surface area contributed by atoms with Crippen LogP contribution in [-0.2, 0) is 7.05 Å². The number of pyridine rings is 1.